The van der Waals surface area contributed by atoms with Gasteiger partial charge >= 0.3 is 0 Å². The van der Waals surface area contributed by atoms with E-state index in [2.05, 4.69) is 53.5 Å². The van der Waals surface area contributed by atoms with Crippen molar-refractivity contribution < 1.29 is 4.79 Å². The molecule has 3 nitrogen and oxygen atoms in total. The molecular formula is C23H30N2OS. The smallest absolute Gasteiger partial charge is 0.261 e. The van der Waals surface area contributed by atoms with Gasteiger partial charge in [-0.3, -0.25) is 9.69 Å². The number of thiophene rings is 1. The van der Waals surface area contributed by atoms with Crippen molar-refractivity contribution in [3.63, 3.8) is 0 Å². The number of amides is 1. The Morgan fingerprint density at radius 2 is 1.96 bits per heavy atom. The molecule has 0 bridgehead atoms. The second kappa shape index (κ2) is 8.57. The largest absolute Gasteiger partial charge is 0.349 e. The van der Waals surface area contributed by atoms with Gasteiger partial charge in [0.1, 0.15) is 0 Å². The normalized spacial score (nSPS) is 21.0. The van der Waals surface area contributed by atoms with Crippen LogP contribution in [0.25, 0.3) is 0 Å². The van der Waals surface area contributed by atoms with E-state index in [4.69, 9.17) is 0 Å². The quantitative estimate of drug-likeness (QED) is 0.816. The van der Waals surface area contributed by atoms with Crippen LogP contribution in [0.2, 0.25) is 0 Å². The molecule has 1 aromatic carbocycles. The number of benzene rings is 1. The molecule has 0 saturated carbocycles. The molecule has 4 rings (SSSR count). The topological polar surface area (TPSA) is 32.3 Å². The summed E-state index contributed by atoms with van der Waals surface area (Å²) in [5.74, 6) is 0.945. The fourth-order valence-electron chi connectivity index (χ4n) is 4.39. The fraction of sp³-hybridized carbons (Fsp3) is 0.522. The molecule has 0 spiro atoms. The van der Waals surface area contributed by atoms with Gasteiger partial charge in [-0.2, -0.15) is 0 Å². The third-order valence-corrected chi connectivity index (χ3v) is 7.39. The van der Waals surface area contributed by atoms with Gasteiger partial charge in [-0.15, -0.1) is 11.3 Å². The fourth-order valence-corrected chi connectivity index (χ4v) is 5.50. The highest BCUT2D eigenvalue weighted by atomic mass is 32.1. The van der Waals surface area contributed by atoms with Gasteiger partial charge in [0.2, 0.25) is 0 Å². The van der Waals surface area contributed by atoms with Crippen molar-refractivity contribution in [3.8, 4) is 0 Å². The number of aryl methyl sites for hydroxylation is 1. The van der Waals surface area contributed by atoms with Gasteiger partial charge in [0, 0.05) is 30.6 Å². The van der Waals surface area contributed by atoms with Crippen LogP contribution < -0.4 is 5.32 Å². The molecule has 1 atom stereocenters. The van der Waals surface area contributed by atoms with Crippen molar-refractivity contribution >= 4 is 17.2 Å². The summed E-state index contributed by atoms with van der Waals surface area (Å²) in [5.41, 5.74) is 2.80. The summed E-state index contributed by atoms with van der Waals surface area (Å²) in [5, 5.41) is 3.30. The van der Waals surface area contributed by atoms with Crippen LogP contribution in [0.1, 0.15) is 58.3 Å². The molecule has 1 aliphatic heterocycles. The number of likely N-dealkylation sites (tertiary alicyclic amines) is 1. The predicted octanol–water partition coefficient (Wildman–Crippen LogP) is 4.66. The summed E-state index contributed by atoms with van der Waals surface area (Å²) < 4.78 is 0. The Hall–Kier alpha value is -1.65. The van der Waals surface area contributed by atoms with Crippen molar-refractivity contribution in [1.82, 2.24) is 10.2 Å². The van der Waals surface area contributed by atoms with E-state index in [1.54, 1.807) is 11.3 Å². The van der Waals surface area contributed by atoms with E-state index < -0.39 is 0 Å². The third kappa shape index (κ3) is 4.61. The molecule has 1 fully saturated rings. The lowest BCUT2D eigenvalue weighted by molar-refractivity contribution is 0.0913. The van der Waals surface area contributed by atoms with Gasteiger partial charge in [0.05, 0.1) is 4.88 Å². The Labute approximate surface area is 166 Å². The lowest BCUT2D eigenvalue weighted by Gasteiger charge is -2.32. The molecule has 0 unspecified atom stereocenters. The molecule has 1 N–H and O–H groups in total. The number of piperidine rings is 1. The van der Waals surface area contributed by atoms with Crippen LogP contribution in [-0.2, 0) is 19.4 Å². The minimum absolute atomic E-state index is 0.143. The van der Waals surface area contributed by atoms with Crippen LogP contribution in [-0.4, -0.2) is 29.9 Å². The second-order valence-corrected chi connectivity index (χ2v) is 9.22. The highest BCUT2D eigenvalue weighted by molar-refractivity contribution is 7.14. The Morgan fingerprint density at radius 1 is 1.19 bits per heavy atom. The molecule has 2 aliphatic rings. The van der Waals surface area contributed by atoms with Gasteiger partial charge in [-0.05, 0) is 55.2 Å². The van der Waals surface area contributed by atoms with Gasteiger partial charge < -0.3 is 5.32 Å². The highest BCUT2D eigenvalue weighted by Gasteiger charge is 2.25. The van der Waals surface area contributed by atoms with Crippen LogP contribution in [0.4, 0.5) is 0 Å². The average Bonchev–Trinajstić information content (AvgIpc) is 3.13. The first-order valence-corrected chi connectivity index (χ1v) is 11.2. The van der Waals surface area contributed by atoms with Crippen molar-refractivity contribution in [2.75, 3.05) is 13.1 Å². The van der Waals surface area contributed by atoms with Crippen LogP contribution in [0.15, 0.2) is 36.4 Å². The zero-order valence-electron chi connectivity index (χ0n) is 16.2. The molecule has 0 radical (unpaired) electrons. The van der Waals surface area contributed by atoms with E-state index in [0.29, 0.717) is 6.04 Å². The maximum Gasteiger partial charge on any atom is 0.261 e. The maximum absolute atomic E-state index is 12.7. The maximum atomic E-state index is 12.7. The van der Waals surface area contributed by atoms with E-state index in [-0.39, 0.29) is 5.91 Å². The van der Waals surface area contributed by atoms with Crippen molar-refractivity contribution in [1.29, 1.82) is 0 Å². The Morgan fingerprint density at radius 3 is 2.70 bits per heavy atom. The summed E-state index contributed by atoms with van der Waals surface area (Å²) in [4.78, 5) is 17.6. The number of nitrogens with one attached hydrogen (secondary N) is 1. The third-order valence-electron chi connectivity index (χ3n) is 6.16. The monoisotopic (exact) mass is 382 g/mol. The average molecular weight is 383 g/mol. The number of fused-ring (bicyclic) bond motifs is 1. The van der Waals surface area contributed by atoms with Gasteiger partial charge in [-0.1, -0.05) is 43.7 Å². The summed E-state index contributed by atoms with van der Waals surface area (Å²) >= 11 is 1.72. The van der Waals surface area contributed by atoms with Crippen LogP contribution in [0.5, 0.6) is 0 Å². The molecule has 1 aliphatic carbocycles. The van der Waals surface area contributed by atoms with Crippen LogP contribution in [0.3, 0.4) is 0 Å². The zero-order valence-corrected chi connectivity index (χ0v) is 17.1. The predicted molar refractivity (Wildman–Crippen MR) is 112 cm³/mol. The summed E-state index contributed by atoms with van der Waals surface area (Å²) in [6, 6.07) is 13.1. The first-order chi connectivity index (χ1) is 13.2. The van der Waals surface area contributed by atoms with Gasteiger partial charge in [0.25, 0.3) is 5.91 Å². The molecule has 4 heteroatoms. The van der Waals surface area contributed by atoms with E-state index in [0.717, 1.165) is 56.1 Å². The first kappa shape index (κ1) is 18.7. The molecule has 1 saturated heterocycles. The van der Waals surface area contributed by atoms with E-state index in [9.17, 15) is 4.79 Å². The molecular weight excluding hydrogens is 352 g/mol. The number of rotatable bonds is 5. The number of carbonyl (C=O) groups excluding carboxylic acids is 1. The Kier molecular flexibility index (Phi) is 5.94. The van der Waals surface area contributed by atoms with Crippen LogP contribution >= 0.6 is 11.3 Å². The van der Waals surface area contributed by atoms with E-state index >= 15 is 0 Å². The second-order valence-electron chi connectivity index (χ2n) is 8.09. The van der Waals surface area contributed by atoms with Crippen molar-refractivity contribution in [2.45, 2.75) is 58.0 Å². The van der Waals surface area contributed by atoms with E-state index in [1.807, 2.05) is 0 Å². The van der Waals surface area contributed by atoms with Gasteiger partial charge in [0.15, 0.2) is 0 Å². The Balaban J connectivity index is 1.28. The highest BCUT2D eigenvalue weighted by Crippen LogP contribution is 2.33. The van der Waals surface area contributed by atoms with Gasteiger partial charge in [-0.25, -0.2) is 0 Å². The van der Waals surface area contributed by atoms with Crippen molar-refractivity contribution in [2.24, 2.45) is 5.92 Å². The number of hydrogen-bond acceptors (Lipinski definition) is 3. The van der Waals surface area contributed by atoms with Crippen LogP contribution in [0, 0.1) is 5.92 Å². The minimum Gasteiger partial charge on any atom is -0.349 e. The first-order valence-electron chi connectivity index (χ1n) is 10.4. The summed E-state index contributed by atoms with van der Waals surface area (Å²) in [7, 11) is 0. The Bertz CT molecular complexity index is 762. The molecule has 2 aromatic rings. The molecule has 144 valence electrons. The summed E-state index contributed by atoms with van der Waals surface area (Å²) in [6.07, 6.45) is 6.93. The molecule has 1 amide bonds. The number of carbonyl (C=O) groups is 1. The lowest BCUT2D eigenvalue weighted by atomic mass is 9.87. The molecule has 27 heavy (non-hydrogen) atoms. The standard InChI is InChI=1S/C23H30N2OS/c1-2-17-8-9-21-19(14-17)15-22(27-21)23(26)24-20-10-12-25(13-11-20)16-18-6-4-3-5-7-18/h3-7,15,17,20H,2,8-14,16H2,1H3,(H,24,26)/t17-/m1/s1. The minimum atomic E-state index is 0.143. The molecule has 2 heterocycles. The molecule has 1 aromatic heterocycles. The number of hydrogen-bond donors (Lipinski definition) is 1. The zero-order chi connectivity index (χ0) is 18.6. The van der Waals surface area contributed by atoms with Crippen molar-refractivity contribution in [3.05, 3.63) is 57.3 Å². The SMILES string of the molecule is CC[C@@H]1CCc2sc(C(=O)NC3CCN(Cc4ccccc4)CC3)cc2C1. The lowest BCUT2D eigenvalue weighted by Crippen LogP contribution is -2.44. The summed E-state index contributed by atoms with van der Waals surface area (Å²) in [6.45, 7) is 5.40. The van der Waals surface area contributed by atoms with E-state index in [1.165, 1.54) is 28.8 Å². The number of nitrogens with zero attached hydrogens (tertiary/aromatic N) is 1.